The number of Topliss-reactive ketones (excluding diaryl/α,β-unsaturated/α-hetero) is 1. The summed E-state index contributed by atoms with van der Waals surface area (Å²) in [7, 11) is 0. The van der Waals surface area contributed by atoms with Crippen molar-refractivity contribution in [3.05, 3.63) is 119 Å². The number of amides is 1. The fourth-order valence-electron chi connectivity index (χ4n) is 10.2. The van der Waals surface area contributed by atoms with Crippen LogP contribution in [0, 0.1) is 16.7 Å². The second-order valence-corrected chi connectivity index (χ2v) is 18.5. The van der Waals surface area contributed by atoms with Gasteiger partial charge in [-0.15, -0.1) is 0 Å². The molecule has 3 fully saturated rings. The second kappa shape index (κ2) is 17.0. The summed E-state index contributed by atoms with van der Waals surface area (Å²) in [4.78, 5) is 82.8. The summed E-state index contributed by atoms with van der Waals surface area (Å²) in [5, 5.41) is 40.5. The zero-order chi connectivity index (χ0) is 45.8. The maximum Gasteiger partial charge on any atom is 0.338 e. The van der Waals surface area contributed by atoms with Gasteiger partial charge in [0.05, 0.1) is 40.5 Å². The van der Waals surface area contributed by atoms with Crippen molar-refractivity contribution in [1.82, 2.24) is 5.32 Å². The van der Waals surface area contributed by atoms with Gasteiger partial charge in [-0.25, -0.2) is 9.59 Å². The van der Waals surface area contributed by atoms with E-state index < -0.39 is 117 Å². The van der Waals surface area contributed by atoms with E-state index in [1.54, 1.807) is 92.7 Å². The lowest BCUT2D eigenvalue weighted by molar-refractivity contribution is -0.342. The lowest BCUT2D eigenvalue weighted by atomic mass is 9.44. The van der Waals surface area contributed by atoms with Crippen LogP contribution in [-0.4, -0.2) is 110 Å². The average molecular weight is 933 g/mol. The summed E-state index contributed by atoms with van der Waals surface area (Å²) < 4.78 is 30.4. The van der Waals surface area contributed by atoms with E-state index in [1.165, 1.54) is 26.0 Å². The molecule has 2 saturated carbocycles. The first-order valence-corrected chi connectivity index (χ1v) is 21.5. The van der Waals surface area contributed by atoms with E-state index in [0.717, 1.165) is 13.8 Å². The Morgan fingerprint density at radius 2 is 1.41 bits per heavy atom. The molecule has 3 aliphatic carbocycles. The topological polar surface area (TPSA) is 221 Å². The van der Waals surface area contributed by atoms with Crippen molar-refractivity contribution in [3.8, 4) is 0 Å². The van der Waals surface area contributed by atoms with Crippen molar-refractivity contribution in [2.75, 3.05) is 6.61 Å². The molecule has 7 rings (SSSR count). The number of alkyl halides is 1. The van der Waals surface area contributed by atoms with Gasteiger partial charge >= 0.3 is 23.9 Å². The minimum Gasteiger partial charge on any atom is -0.456 e. The summed E-state index contributed by atoms with van der Waals surface area (Å²) in [6.07, 6.45) is -10.6. The van der Waals surface area contributed by atoms with Crippen LogP contribution < -0.4 is 5.32 Å². The lowest BCUT2D eigenvalue weighted by Crippen LogP contribution is -2.84. The fourth-order valence-corrected chi connectivity index (χ4v) is 11.4. The summed E-state index contributed by atoms with van der Waals surface area (Å²) in [5.41, 5.74) is -7.27. The molecule has 2 bridgehead atoms. The number of benzene rings is 3. The van der Waals surface area contributed by atoms with Gasteiger partial charge in [-0.05, 0) is 54.8 Å². The molecule has 15 nitrogen and oxygen atoms in total. The number of hydrogen-bond donors (Lipinski definition) is 4. The predicted molar refractivity (Wildman–Crippen MR) is 226 cm³/mol. The van der Waals surface area contributed by atoms with Gasteiger partial charge in [-0.1, -0.05) is 96.5 Å². The summed E-state index contributed by atoms with van der Waals surface area (Å²) in [5.74, 6) is -6.98. The quantitative estimate of drug-likeness (QED) is 0.0974. The molecule has 1 aliphatic heterocycles. The molecule has 3 aromatic carbocycles. The van der Waals surface area contributed by atoms with Crippen LogP contribution in [0.5, 0.6) is 0 Å². The Hall–Kier alpha value is -5.26. The molecule has 63 heavy (non-hydrogen) atoms. The Bertz CT molecular complexity index is 2320. The molecule has 1 saturated heterocycles. The van der Waals surface area contributed by atoms with E-state index in [0.29, 0.717) is 5.56 Å². The van der Waals surface area contributed by atoms with Gasteiger partial charge in [0, 0.05) is 31.2 Å². The number of aliphatic hydroxyl groups is 3. The number of esters is 4. The van der Waals surface area contributed by atoms with Gasteiger partial charge in [0.25, 0.3) is 5.91 Å². The third kappa shape index (κ3) is 7.58. The van der Waals surface area contributed by atoms with Gasteiger partial charge in [-0.2, -0.15) is 0 Å². The van der Waals surface area contributed by atoms with Gasteiger partial charge < -0.3 is 44.3 Å². The second-order valence-electron chi connectivity index (χ2n) is 17.4. The minimum atomic E-state index is -2.42. The van der Waals surface area contributed by atoms with Gasteiger partial charge in [-0.3, -0.25) is 19.2 Å². The SMILES string of the molecule is CC(=O)O[C@H]1C(=O)[C@@]2(C)C(C(OC(=O)c3ccccc3)[C@]3(O)C[C@H](OC(=O)[C@H](O)[C@@H](NC(=O)c4ccccc4)c4ccccc4)C(C)=C1C3(C)C)[C@]1(OC(C)=O)CO[C@@H]1[C@@H](Br)[C@@H]2O. The third-order valence-electron chi connectivity index (χ3n) is 13.5. The highest BCUT2D eigenvalue weighted by Crippen LogP contribution is 2.65. The first kappa shape index (κ1) is 45.8. The molecular formula is C47H50BrNO14. The Morgan fingerprint density at radius 3 is 1.95 bits per heavy atom. The number of rotatable bonds is 10. The Morgan fingerprint density at radius 1 is 0.841 bits per heavy atom. The minimum absolute atomic E-state index is 0.0204. The number of halogens is 1. The highest BCUT2D eigenvalue weighted by atomic mass is 79.9. The maximum atomic E-state index is 15.6. The number of ether oxygens (including phenoxy) is 5. The smallest absolute Gasteiger partial charge is 0.338 e. The van der Waals surface area contributed by atoms with Crippen molar-refractivity contribution >= 4 is 51.5 Å². The zero-order valence-electron chi connectivity index (χ0n) is 35.5. The van der Waals surface area contributed by atoms with Crippen LogP contribution in [0.1, 0.15) is 80.3 Å². The van der Waals surface area contributed by atoms with Gasteiger partial charge in [0.15, 0.2) is 23.6 Å². The summed E-state index contributed by atoms with van der Waals surface area (Å²) >= 11 is 3.48. The van der Waals surface area contributed by atoms with E-state index in [4.69, 9.17) is 23.7 Å². The highest BCUT2D eigenvalue weighted by molar-refractivity contribution is 9.09. The summed E-state index contributed by atoms with van der Waals surface area (Å²) in [6.45, 7) is 7.88. The molecular weight excluding hydrogens is 882 g/mol. The molecule has 16 heteroatoms. The molecule has 1 amide bonds. The largest absolute Gasteiger partial charge is 0.456 e. The van der Waals surface area contributed by atoms with Gasteiger partial charge in [0.2, 0.25) is 0 Å². The number of hydrogen-bond acceptors (Lipinski definition) is 14. The molecule has 4 N–H and O–H groups in total. The number of fused-ring (bicyclic) bond motifs is 5. The molecule has 12 atom stereocenters. The van der Waals surface area contributed by atoms with Crippen molar-refractivity contribution < 1.29 is 67.8 Å². The number of aliphatic hydroxyl groups excluding tert-OH is 2. The van der Waals surface area contributed by atoms with Crippen LogP contribution in [0.2, 0.25) is 0 Å². The average Bonchev–Trinajstić information content (AvgIpc) is 3.24. The van der Waals surface area contributed by atoms with Crippen LogP contribution in [0.3, 0.4) is 0 Å². The fraction of sp³-hybridized carbons (Fsp3) is 0.447. The van der Waals surface area contributed by atoms with E-state index in [9.17, 15) is 39.3 Å². The Labute approximate surface area is 372 Å². The molecule has 4 aliphatic rings. The van der Waals surface area contributed by atoms with Crippen LogP contribution in [0.4, 0.5) is 0 Å². The Balaban J connectivity index is 1.40. The van der Waals surface area contributed by atoms with E-state index in [2.05, 4.69) is 21.2 Å². The van der Waals surface area contributed by atoms with Gasteiger partial charge in [0.1, 0.15) is 23.9 Å². The summed E-state index contributed by atoms with van der Waals surface area (Å²) in [6, 6.07) is 22.9. The standard InChI is InChI=1S/C47H50BrNO14/c1-24-30(61-43(57)34(52)33(27-16-10-7-11-17-27)49-41(55)28-18-12-8-13-19-28)22-47(58)40(62-42(56)29-20-14-9-15-21-29)36-45(6,38(54)35(60-25(2)50)31(24)44(47,4)5)37(53)32(48)39-46(36,23-59-39)63-26(3)51/h7-21,30,32-37,39-40,52-53,58H,22-23H2,1-6H3,(H,49,55)/t30-,32-,33-,34+,35+,36?,37-,39+,40?,45-,46+,47+/m0/s1. The lowest BCUT2D eigenvalue weighted by Gasteiger charge is -2.68. The van der Waals surface area contributed by atoms with Crippen LogP contribution in [0.25, 0.3) is 0 Å². The molecule has 0 spiro atoms. The maximum absolute atomic E-state index is 15.6. The zero-order valence-corrected chi connectivity index (χ0v) is 37.1. The molecule has 334 valence electrons. The predicted octanol–water partition coefficient (Wildman–Crippen LogP) is 4.11. The molecule has 0 aromatic heterocycles. The first-order valence-electron chi connectivity index (χ1n) is 20.5. The van der Waals surface area contributed by atoms with E-state index in [1.807, 2.05) is 0 Å². The van der Waals surface area contributed by atoms with Crippen LogP contribution >= 0.6 is 15.9 Å². The number of carbonyl (C=O) groups is 6. The van der Waals surface area contributed by atoms with Crippen molar-refractivity contribution in [2.45, 2.75) is 107 Å². The van der Waals surface area contributed by atoms with E-state index in [-0.39, 0.29) is 28.9 Å². The number of ketones is 1. The monoisotopic (exact) mass is 931 g/mol. The normalized spacial score (nSPS) is 32.7. The molecule has 2 unspecified atom stereocenters. The van der Waals surface area contributed by atoms with Crippen LogP contribution in [0.15, 0.2) is 102 Å². The molecule has 1 heterocycles. The molecule has 3 aromatic rings. The van der Waals surface area contributed by atoms with Crippen molar-refractivity contribution in [2.24, 2.45) is 16.7 Å². The van der Waals surface area contributed by atoms with E-state index >= 15 is 4.79 Å². The third-order valence-corrected chi connectivity index (χ3v) is 14.5. The van der Waals surface area contributed by atoms with Crippen molar-refractivity contribution in [1.29, 1.82) is 0 Å². The first-order chi connectivity index (χ1) is 29.7. The highest BCUT2D eigenvalue weighted by Gasteiger charge is 2.80. The number of carbonyl (C=O) groups excluding carboxylic acids is 6. The van der Waals surface area contributed by atoms with Crippen LogP contribution in [-0.2, 0) is 42.9 Å². The van der Waals surface area contributed by atoms with Crippen molar-refractivity contribution in [3.63, 3.8) is 0 Å². The Kier molecular flexibility index (Phi) is 12.4. The molecule has 0 radical (unpaired) electrons. The number of nitrogens with one attached hydrogen (secondary N) is 1.